The number of carboxylic acids is 1. The molecule has 0 bridgehead atoms. The molecule has 1 aliphatic heterocycles. The lowest BCUT2D eigenvalue weighted by Gasteiger charge is -2.38. The molecule has 0 aliphatic carbocycles. The van der Waals surface area contributed by atoms with Gasteiger partial charge >= 0.3 is 5.97 Å². The molecule has 0 spiro atoms. The quantitative estimate of drug-likeness (QED) is 0.464. The molecule has 1 atom stereocenters. The number of amides is 1. The highest BCUT2D eigenvalue weighted by atomic mass is 35.5. The van der Waals surface area contributed by atoms with Gasteiger partial charge in [-0.2, -0.15) is 0 Å². The minimum atomic E-state index is -0.867. The molecule has 1 saturated heterocycles. The van der Waals surface area contributed by atoms with Crippen LogP contribution in [0.2, 0.25) is 5.02 Å². The fourth-order valence-corrected chi connectivity index (χ4v) is 4.47. The van der Waals surface area contributed by atoms with Crippen molar-refractivity contribution in [1.29, 1.82) is 0 Å². The van der Waals surface area contributed by atoms with Crippen molar-refractivity contribution in [1.82, 2.24) is 9.80 Å². The van der Waals surface area contributed by atoms with Gasteiger partial charge in [0, 0.05) is 42.3 Å². The molecule has 0 radical (unpaired) electrons. The number of carbonyl (C=O) groups excluding carboxylic acids is 2. The van der Waals surface area contributed by atoms with E-state index in [4.69, 9.17) is 16.7 Å². The number of hydrogen-bond donors (Lipinski definition) is 2. The summed E-state index contributed by atoms with van der Waals surface area (Å²) in [6, 6.07) is 22.5. The Morgan fingerprint density at radius 2 is 1.51 bits per heavy atom. The summed E-state index contributed by atoms with van der Waals surface area (Å²) in [6.45, 7) is 2.14. The van der Waals surface area contributed by atoms with Gasteiger partial charge in [-0.3, -0.25) is 24.2 Å². The van der Waals surface area contributed by atoms with E-state index in [1.165, 1.54) is 0 Å². The van der Waals surface area contributed by atoms with Crippen LogP contribution in [-0.4, -0.2) is 65.3 Å². The number of nitrogens with one attached hydrogen (secondary N) is 1. The van der Waals surface area contributed by atoms with Crippen LogP contribution in [-0.2, 0) is 9.59 Å². The molecule has 1 aliphatic rings. The van der Waals surface area contributed by atoms with Crippen molar-refractivity contribution in [3.63, 3.8) is 0 Å². The second-order valence-electron chi connectivity index (χ2n) is 8.39. The first-order valence-corrected chi connectivity index (χ1v) is 11.7. The Bertz CT molecular complexity index is 1200. The van der Waals surface area contributed by atoms with Crippen LogP contribution in [0.1, 0.15) is 27.5 Å². The molecule has 8 heteroatoms. The van der Waals surface area contributed by atoms with Crippen LogP contribution in [0.25, 0.3) is 0 Å². The summed E-state index contributed by atoms with van der Waals surface area (Å²) in [5, 5.41) is 12.4. The summed E-state index contributed by atoms with van der Waals surface area (Å²) >= 11 is 6.20. The summed E-state index contributed by atoms with van der Waals surface area (Å²) < 4.78 is 0. The molecule has 3 aromatic rings. The maximum Gasteiger partial charge on any atom is 0.317 e. The molecular weight excluding hydrogens is 466 g/mol. The van der Waals surface area contributed by atoms with Crippen molar-refractivity contribution in [3.8, 4) is 0 Å². The zero-order chi connectivity index (χ0) is 24.8. The smallest absolute Gasteiger partial charge is 0.317 e. The molecule has 35 heavy (non-hydrogen) atoms. The second kappa shape index (κ2) is 11.3. The standard InChI is InChI=1S/C27H26ClN3O4/c28-21-11-12-23(22(17-21)26(34)20-9-5-2-6-10-20)29-27(35)25(19-7-3-1-4-8-19)31-15-13-30(14-16-31)18-24(32)33/h1-12,17,25H,13-16,18H2,(H,29,35)(H,32,33). The van der Waals surface area contributed by atoms with Crippen LogP contribution in [0, 0.1) is 0 Å². The van der Waals surface area contributed by atoms with Crippen LogP contribution in [0.15, 0.2) is 78.9 Å². The van der Waals surface area contributed by atoms with E-state index in [1.54, 1.807) is 42.5 Å². The van der Waals surface area contributed by atoms with Crippen molar-refractivity contribution < 1.29 is 19.5 Å². The van der Waals surface area contributed by atoms with Gasteiger partial charge in [-0.25, -0.2) is 0 Å². The Labute approximate surface area is 208 Å². The maximum atomic E-state index is 13.7. The van der Waals surface area contributed by atoms with Crippen LogP contribution < -0.4 is 5.32 Å². The lowest BCUT2D eigenvalue weighted by atomic mass is 10.00. The van der Waals surface area contributed by atoms with Crippen molar-refractivity contribution in [2.45, 2.75) is 6.04 Å². The number of nitrogens with zero attached hydrogens (tertiary/aromatic N) is 2. The molecule has 2 N–H and O–H groups in total. The monoisotopic (exact) mass is 491 g/mol. The lowest BCUT2D eigenvalue weighted by Crippen LogP contribution is -2.51. The molecular formula is C27H26ClN3O4. The van der Waals surface area contributed by atoms with E-state index >= 15 is 0 Å². The third-order valence-corrected chi connectivity index (χ3v) is 6.25. The summed E-state index contributed by atoms with van der Waals surface area (Å²) in [6.07, 6.45) is 0. The number of anilines is 1. The number of aliphatic carboxylic acids is 1. The lowest BCUT2D eigenvalue weighted by molar-refractivity contribution is -0.139. The number of carbonyl (C=O) groups is 3. The van der Waals surface area contributed by atoms with E-state index in [-0.39, 0.29) is 18.2 Å². The summed E-state index contributed by atoms with van der Waals surface area (Å²) in [7, 11) is 0. The van der Waals surface area contributed by atoms with E-state index in [0.29, 0.717) is 48.0 Å². The molecule has 1 amide bonds. The zero-order valence-corrected chi connectivity index (χ0v) is 19.8. The SMILES string of the molecule is O=C(O)CN1CCN(C(C(=O)Nc2ccc(Cl)cc2C(=O)c2ccccc2)c2ccccc2)CC1. The van der Waals surface area contributed by atoms with Gasteiger partial charge in [0.15, 0.2) is 5.78 Å². The van der Waals surface area contributed by atoms with Gasteiger partial charge in [0.1, 0.15) is 6.04 Å². The van der Waals surface area contributed by atoms with Crippen molar-refractivity contribution >= 4 is 34.9 Å². The topological polar surface area (TPSA) is 89.9 Å². The normalized spacial score (nSPS) is 15.3. The number of carboxylic acid groups (broad SMARTS) is 1. The van der Waals surface area contributed by atoms with Gasteiger partial charge in [-0.05, 0) is 23.8 Å². The highest BCUT2D eigenvalue weighted by molar-refractivity contribution is 6.31. The number of piperazine rings is 1. The maximum absolute atomic E-state index is 13.7. The van der Waals surface area contributed by atoms with E-state index < -0.39 is 12.0 Å². The summed E-state index contributed by atoms with van der Waals surface area (Å²) in [5.74, 6) is -1.37. The minimum absolute atomic E-state index is 0.0221. The fraction of sp³-hybridized carbons (Fsp3) is 0.222. The van der Waals surface area contributed by atoms with E-state index in [2.05, 4.69) is 5.32 Å². The van der Waals surface area contributed by atoms with Crippen molar-refractivity contribution in [3.05, 3.63) is 101 Å². The molecule has 180 valence electrons. The molecule has 4 rings (SSSR count). The second-order valence-corrected chi connectivity index (χ2v) is 8.83. The Morgan fingerprint density at radius 3 is 2.14 bits per heavy atom. The van der Waals surface area contributed by atoms with Crippen molar-refractivity contribution in [2.24, 2.45) is 0 Å². The molecule has 3 aromatic carbocycles. The number of hydrogen-bond acceptors (Lipinski definition) is 5. The van der Waals surface area contributed by atoms with Gasteiger partial charge in [-0.1, -0.05) is 72.3 Å². The van der Waals surface area contributed by atoms with E-state index in [1.807, 2.05) is 46.2 Å². The van der Waals surface area contributed by atoms with E-state index in [9.17, 15) is 14.4 Å². The number of rotatable bonds is 8. The van der Waals surface area contributed by atoms with Gasteiger partial charge in [-0.15, -0.1) is 0 Å². The van der Waals surface area contributed by atoms with Crippen LogP contribution >= 0.6 is 11.6 Å². The molecule has 7 nitrogen and oxygen atoms in total. The first-order valence-electron chi connectivity index (χ1n) is 11.4. The zero-order valence-electron chi connectivity index (χ0n) is 19.1. The van der Waals surface area contributed by atoms with Crippen LogP contribution in [0.4, 0.5) is 5.69 Å². The van der Waals surface area contributed by atoms with Crippen LogP contribution in [0.3, 0.4) is 0 Å². The molecule has 1 unspecified atom stereocenters. The number of benzene rings is 3. The summed E-state index contributed by atoms with van der Waals surface area (Å²) in [4.78, 5) is 41.8. The van der Waals surface area contributed by atoms with Gasteiger partial charge in [0.25, 0.3) is 0 Å². The first-order chi connectivity index (χ1) is 16.9. The average molecular weight is 492 g/mol. The predicted molar refractivity (Wildman–Crippen MR) is 135 cm³/mol. The van der Waals surface area contributed by atoms with Gasteiger partial charge < -0.3 is 10.4 Å². The molecule has 1 fully saturated rings. The summed E-state index contributed by atoms with van der Waals surface area (Å²) in [5.41, 5.74) is 2.02. The molecule has 0 saturated carbocycles. The third kappa shape index (κ3) is 6.14. The van der Waals surface area contributed by atoms with E-state index in [0.717, 1.165) is 5.56 Å². The first kappa shape index (κ1) is 24.6. The number of halogens is 1. The predicted octanol–water partition coefficient (Wildman–Crippen LogP) is 3.95. The fourth-order valence-electron chi connectivity index (χ4n) is 4.29. The Kier molecular flexibility index (Phi) is 7.92. The molecule has 1 heterocycles. The van der Waals surface area contributed by atoms with Gasteiger partial charge in [0.05, 0.1) is 12.2 Å². The van der Waals surface area contributed by atoms with Crippen molar-refractivity contribution in [2.75, 3.05) is 38.0 Å². The Balaban J connectivity index is 1.60. The molecule has 0 aromatic heterocycles. The Hall–Kier alpha value is -3.52. The third-order valence-electron chi connectivity index (χ3n) is 6.01. The highest BCUT2D eigenvalue weighted by Gasteiger charge is 2.31. The van der Waals surface area contributed by atoms with Crippen LogP contribution in [0.5, 0.6) is 0 Å². The largest absolute Gasteiger partial charge is 0.480 e. The highest BCUT2D eigenvalue weighted by Crippen LogP contribution is 2.28. The van der Waals surface area contributed by atoms with Gasteiger partial charge in [0.2, 0.25) is 5.91 Å². The Morgan fingerprint density at radius 1 is 0.886 bits per heavy atom. The average Bonchev–Trinajstić information content (AvgIpc) is 2.87. The number of ketones is 1. The minimum Gasteiger partial charge on any atom is -0.480 e.